The van der Waals surface area contributed by atoms with E-state index in [2.05, 4.69) is 21.9 Å². The molecule has 5 nitrogen and oxygen atoms in total. The maximum Gasteiger partial charge on any atom is 0.294 e. The van der Waals surface area contributed by atoms with Gasteiger partial charge in [-0.05, 0) is 57.0 Å². The van der Waals surface area contributed by atoms with Crippen molar-refractivity contribution in [3.63, 3.8) is 0 Å². The van der Waals surface area contributed by atoms with Crippen molar-refractivity contribution >= 4 is 44.9 Å². The molecule has 2 aromatic rings. The number of imide groups is 1. The van der Waals surface area contributed by atoms with Gasteiger partial charge < -0.3 is 9.47 Å². The number of amides is 2. The summed E-state index contributed by atoms with van der Waals surface area (Å²) in [6, 6.07) is 13.3. The molecule has 1 aliphatic rings. The monoisotopic (exact) mass is 457 g/mol. The minimum atomic E-state index is -0.396. The number of benzene rings is 2. The smallest absolute Gasteiger partial charge is 0.294 e. The molecular weight excluding hydrogens is 442 g/mol. The Kier molecular flexibility index (Phi) is 6.45. The lowest BCUT2D eigenvalue weighted by Crippen LogP contribution is -2.28. The molecule has 0 spiro atoms. The summed E-state index contributed by atoms with van der Waals surface area (Å²) in [6.07, 6.45) is 6.85. The van der Waals surface area contributed by atoms with Gasteiger partial charge in [-0.1, -0.05) is 36.3 Å². The van der Waals surface area contributed by atoms with Gasteiger partial charge in [0.1, 0.15) is 6.61 Å². The quantitative estimate of drug-likeness (QED) is 0.464. The summed E-state index contributed by atoms with van der Waals surface area (Å²) in [5, 5.41) is -0.372. The first-order chi connectivity index (χ1) is 13.5. The van der Waals surface area contributed by atoms with Gasteiger partial charge in [0, 0.05) is 0 Å². The number of carbonyl (C=O) groups is 2. The molecule has 0 unspecified atom stereocenters. The summed E-state index contributed by atoms with van der Waals surface area (Å²) >= 11 is 4.36. The van der Waals surface area contributed by atoms with Gasteiger partial charge in [-0.3, -0.25) is 14.5 Å². The highest BCUT2D eigenvalue weighted by Crippen LogP contribution is 2.39. The number of rotatable bonds is 6. The molecule has 28 heavy (non-hydrogen) atoms. The summed E-state index contributed by atoms with van der Waals surface area (Å²) in [6.45, 7) is 0.349. The van der Waals surface area contributed by atoms with Gasteiger partial charge in [0.15, 0.2) is 11.5 Å². The van der Waals surface area contributed by atoms with Crippen molar-refractivity contribution in [2.45, 2.75) is 6.61 Å². The van der Waals surface area contributed by atoms with E-state index in [9.17, 15) is 9.59 Å². The van der Waals surface area contributed by atoms with Crippen LogP contribution in [0.25, 0.3) is 6.08 Å². The van der Waals surface area contributed by atoms with E-state index in [-0.39, 0.29) is 11.8 Å². The highest BCUT2D eigenvalue weighted by molar-refractivity contribution is 9.10. The third kappa shape index (κ3) is 4.41. The van der Waals surface area contributed by atoms with Crippen molar-refractivity contribution in [1.82, 2.24) is 4.90 Å². The molecule has 2 amide bonds. The van der Waals surface area contributed by atoms with Gasteiger partial charge in [0.05, 0.1) is 23.0 Å². The number of nitrogens with zero attached hydrogens (tertiary/aromatic N) is 1. The number of methoxy groups -OCH3 is 1. The molecule has 0 aromatic heterocycles. The first kappa shape index (κ1) is 20.1. The molecule has 142 valence electrons. The number of hydrogen-bond donors (Lipinski definition) is 0. The molecule has 0 radical (unpaired) electrons. The van der Waals surface area contributed by atoms with Crippen molar-refractivity contribution in [3.05, 3.63) is 63.0 Å². The standard InChI is InChI=1S/C21H16BrNO4S/c1-3-9-23-20(24)18(28-21(23)25)12-15-10-16(22)19(17(11-15)26-2)27-13-14-7-5-4-6-8-14/h1,4-8,10-12H,9,13H2,2H3. The van der Waals surface area contributed by atoms with Crippen LogP contribution in [0.15, 0.2) is 51.8 Å². The third-order valence-corrected chi connectivity index (χ3v) is 5.39. The van der Waals surface area contributed by atoms with E-state index in [1.165, 1.54) is 0 Å². The highest BCUT2D eigenvalue weighted by Gasteiger charge is 2.34. The Hall–Kier alpha value is -2.69. The van der Waals surface area contributed by atoms with Gasteiger partial charge >= 0.3 is 0 Å². The van der Waals surface area contributed by atoms with Crippen LogP contribution in [0, 0.1) is 12.3 Å². The summed E-state index contributed by atoms with van der Waals surface area (Å²) in [5.74, 6) is 2.99. The lowest BCUT2D eigenvalue weighted by molar-refractivity contribution is -0.122. The summed E-state index contributed by atoms with van der Waals surface area (Å²) in [7, 11) is 1.54. The Labute approximate surface area is 175 Å². The molecule has 1 saturated heterocycles. The topological polar surface area (TPSA) is 55.8 Å². The first-order valence-corrected chi connectivity index (χ1v) is 9.87. The number of hydrogen-bond acceptors (Lipinski definition) is 5. The van der Waals surface area contributed by atoms with Crippen molar-refractivity contribution in [3.8, 4) is 23.8 Å². The second-order valence-electron chi connectivity index (χ2n) is 5.78. The Bertz CT molecular complexity index is 982. The zero-order valence-corrected chi connectivity index (χ0v) is 17.4. The van der Waals surface area contributed by atoms with Gasteiger partial charge in [-0.15, -0.1) is 6.42 Å². The minimum absolute atomic E-state index is 0.0404. The molecule has 1 fully saturated rings. The predicted molar refractivity (Wildman–Crippen MR) is 113 cm³/mol. The van der Waals surface area contributed by atoms with Crippen LogP contribution in [0.2, 0.25) is 0 Å². The SMILES string of the molecule is C#CCN1C(=O)SC(=Cc2cc(Br)c(OCc3ccccc3)c(OC)c2)C1=O. The predicted octanol–water partition coefficient (Wildman–Crippen LogP) is 4.71. The van der Waals surface area contributed by atoms with Crippen LogP contribution in [-0.2, 0) is 11.4 Å². The van der Waals surface area contributed by atoms with Crippen molar-refractivity contribution < 1.29 is 19.1 Å². The molecule has 2 aromatic carbocycles. The van der Waals surface area contributed by atoms with Gasteiger partial charge in [-0.2, -0.15) is 0 Å². The minimum Gasteiger partial charge on any atom is -0.493 e. The summed E-state index contributed by atoms with van der Waals surface area (Å²) in [5.41, 5.74) is 1.73. The van der Waals surface area contributed by atoms with E-state index in [0.717, 1.165) is 22.2 Å². The molecule has 0 atom stereocenters. The lowest BCUT2D eigenvalue weighted by atomic mass is 10.1. The summed E-state index contributed by atoms with van der Waals surface area (Å²) in [4.78, 5) is 25.6. The Morgan fingerprint density at radius 3 is 2.68 bits per heavy atom. The second kappa shape index (κ2) is 9.00. The average Bonchev–Trinajstić information content (AvgIpc) is 2.95. The van der Waals surface area contributed by atoms with Gasteiger partial charge in [0.25, 0.3) is 11.1 Å². The van der Waals surface area contributed by atoms with Gasteiger partial charge in [0.2, 0.25) is 0 Å². The Morgan fingerprint density at radius 2 is 2.00 bits per heavy atom. The number of terminal acetylenes is 1. The molecule has 7 heteroatoms. The van der Waals surface area contributed by atoms with E-state index in [1.54, 1.807) is 25.3 Å². The van der Waals surface area contributed by atoms with Crippen LogP contribution in [0.5, 0.6) is 11.5 Å². The molecule has 3 rings (SSSR count). The fraction of sp³-hybridized carbons (Fsp3) is 0.143. The van der Waals surface area contributed by atoms with E-state index in [0.29, 0.717) is 33.0 Å². The highest BCUT2D eigenvalue weighted by atomic mass is 79.9. The molecule has 0 aliphatic carbocycles. The molecule has 1 heterocycles. The number of thioether (sulfide) groups is 1. The van der Waals surface area contributed by atoms with Crippen molar-refractivity contribution in [2.24, 2.45) is 0 Å². The van der Waals surface area contributed by atoms with Crippen molar-refractivity contribution in [1.29, 1.82) is 0 Å². The fourth-order valence-electron chi connectivity index (χ4n) is 2.57. The third-order valence-electron chi connectivity index (χ3n) is 3.90. The zero-order chi connectivity index (χ0) is 20.1. The molecule has 0 N–H and O–H groups in total. The van der Waals surface area contributed by atoms with Crippen LogP contribution < -0.4 is 9.47 Å². The largest absolute Gasteiger partial charge is 0.493 e. The van der Waals surface area contributed by atoms with E-state index < -0.39 is 5.91 Å². The van der Waals surface area contributed by atoms with Crippen LogP contribution in [0.4, 0.5) is 4.79 Å². The molecular formula is C21H16BrNO4S. The second-order valence-corrected chi connectivity index (χ2v) is 7.63. The number of ether oxygens (including phenoxy) is 2. The fourth-order valence-corrected chi connectivity index (χ4v) is 3.98. The normalized spacial score (nSPS) is 15.0. The maximum absolute atomic E-state index is 12.3. The maximum atomic E-state index is 12.3. The molecule has 0 saturated carbocycles. The molecule has 0 bridgehead atoms. The summed E-state index contributed by atoms with van der Waals surface area (Å²) < 4.78 is 12.0. The zero-order valence-electron chi connectivity index (χ0n) is 15.0. The van der Waals surface area contributed by atoms with E-state index in [1.807, 2.05) is 30.3 Å². The first-order valence-electron chi connectivity index (χ1n) is 8.26. The van der Waals surface area contributed by atoms with Crippen LogP contribution in [-0.4, -0.2) is 29.7 Å². The van der Waals surface area contributed by atoms with Crippen molar-refractivity contribution in [2.75, 3.05) is 13.7 Å². The van der Waals surface area contributed by atoms with Crippen LogP contribution >= 0.6 is 27.7 Å². The molecule has 1 aliphatic heterocycles. The number of halogens is 1. The Balaban J connectivity index is 1.84. The van der Waals surface area contributed by atoms with E-state index >= 15 is 0 Å². The van der Waals surface area contributed by atoms with E-state index in [4.69, 9.17) is 15.9 Å². The van der Waals surface area contributed by atoms with Crippen LogP contribution in [0.3, 0.4) is 0 Å². The average molecular weight is 458 g/mol. The van der Waals surface area contributed by atoms with Gasteiger partial charge in [-0.25, -0.2) is 0 Å². The Morgan fingerprint density at radius 1 is 1.25 bits per heavy atom. The number of carbonyl (C=O) groups excluding carboxylic acids is 2. The van der Waals surface area contributed by atoms with Crippen LogP contribution in [0.1, 0.15) is 11.1 Å². The lowest BCUT2D eigenvalue weighted by Gasteiger charge is -2.14.